The average molecular weight is 356 g/mol. The van der Waals surface area contributed by atoms with Crippen LogP contribution in [-0.2, 0) is 0 Å². The number of unbranched alkanes of at least 4 members (excludes halogenated alkanes) is 2. The second-order valence-electron chi connectivity index (χ2n) is 6.61. The summed E-state index contributed by atoms with van der Waals surface area (Å²) in [4.78, 5) is 7.01. The maximum atomic E-state index is 5.53. The fourth-order valence-corrected chi connectivity index (χ4v) is 2.99. The Morgan fingerprint density at radius 1 is 1.00 bits per heavy atom. The first kappa shape index (κ1) is 20.2. The Morgan fingerprint density at radius 3 is 2.38 bits per heavy atom. The highest BCUT2D eigenvalue weighted by Gasteiger charge is 2.08. The zero-order valence-corrected chi connectivity index (χ0v) is 16.5. The maximum absolute atomic E-state index is 5.53. The Labute approximate surface area is 158 Å². The summed E-state index contributed by atoms with van der Waals surface area (Å²) in [5.74, 6) is 0.873. The molecule has 26 heavy (non-hydrogen) atoms. The van der Waals surface area contributed by atoms with E-state index in [-0.39, 0.29) is 0 Å². The van der Waals surface area contributed by atoms with Gasteiger partial charge in [0.1, 0.15) is 5.75 Å². The van der Waals surface area contributed by atoms with Crippen molar-refractivity contribution in [1.29, 1.82) is 0 Å². The number of ether oxygens (including phenoxy) is 1. The third-order valence-electron chi connectivity index (χ3n) is 4.56. The molecule has 4 nitrogen and oxygen atoms in total. The zero-order valence-electron chi connectivity index (χ0n) is 16.5. The molecule has 2 rings (SSSR count). The predicted octanol–water partition coefficient (Wildman–Crippen LogP) is 5.07. The van der Waals surface area contributed by atoms with Gasteiger partial charge in [0, 0.05) is 24.8 Å². The number of nitrogens with one attached hydrogen (secondary N) is 1. The summed E-state index contributed by atoms with van der Waals surface area (Å²) in [7, 11) is 1.72. The number of benzene rings is 1. The minimum absolute atomic E-state index is 0.873. The van der Waals surface area contributed by atoms with Gasteiger partial charge in [-0.1, -0.05) is 32.8 Å². The topological polar surface area (TPSA) is 37.4 Å². The highest BCUT2D eigenvalue weighted by Crippen LogP contribution is 2.29. The summed E-state index contributed by atoms with van der Waals surface area (Å²) in [5.41, 5.74) is 3.11. The van der Waals surface area contributed by atoms with Crippen LogP contribution in [0.2, 0.25) is 0 Å². The Bertz CT molecular complexity index is 623. The smallest absolute Gasteiger partial charge is 0.141 e. The van der Waals surface area contributed by atoms with Gasteiger partial charge in [0.15, 0.2) is 0 Å². The van der Waals surface area contributed by atoms with Crippen LogP contribution in [0.15, 0.2) is 42.6 Å². The number of anilines is 1. The molecule has 0 atom stereocenters. The van der Waals surface area contributed by atoms with Crippen molar-refractivity contribution in [2.75, 3.05) is 38.6 Å². The molecule has 0 aliphatic rings. The Morgan fingerprint density at radius 2 is 1.77 bits per heavy atom. The van der Waals surface area contributed by atoms with Gasteiger partial charge in [0.05, 0.1) is 18.5 Å². The number of pyridine rings is 1. The van der Waals surface area contributed by atoms with E-state index in [1.165, 1.54) is 38.8 Å². The lowest BCUT2D eigenvalue weighted by atomic mass is 10.1. The molecule has 0 unspecified atom stereocenters. The molecule has 0 spiro atoms. The summed E-state index contributed by atoms with van der Waals surface area (Å²) in [6, 6.07) is 12.2. The van der Waals surface area contributed by atoms with Crippen LogP contribution in [0.5, 0.6) is 5.75 Å². The third kappa shape index (κ3) is 6.34. The van der Waals surface area contributed by atoms with E-state index in [0.29, 0.717) is 0 Å². The Balaban J connectivity index is 2.00. The van der Waals surface area contributed by atoms with E-state index in [4.69, 9.17) is 4.74 Å². The first-order chi connectivity index (χ1) is 12.8. The van der Waals surface area contributed by atoms with Crippen molar-refractivity contribution in [2.45, 2.75) is 39.5 Å². The minimum Gasteiger partial charge on any atom is -0.495 e. The van der Waals surface area contributed by atoms with E-state index in [0.717, 1.165) is 35.8 Å². The van der Waals surface area contributed by atoms with E-state index in [9.17, 15) is 0 Å². The molecule has 1 heterocycles. The quantitative estimate of drug-likeness (QED) is 0.577. The molecule has 0 radical (unpaired) electrons. The molecule has 142 valence electrons. The zero-order chi connectivity index (χ0) is 18.6. The highest BCUT2D eigenvalue weighted by molar-refractivity contribution is 5.69. The number of hydrogen-bond acceptors (Lipinski definition) is 4. The molecule has 1 aromatic carbocycles. The lowest BCUT2D eigenvalue weighted by molar-refractivity contribution is 0.275. The lowest BCUT2D eigenvalue weighted by Crippen LogP contribution is -2.31. The normalized spacial score (nSPS) is 10.9. The Hall–Kier alpha value is -2.07. The molecule has 0 bridgehead atoms. The van der Waals surface area contributed by atoms with Crippen molar-refractivity contribution in [3.63, 3.8) is 0 Å². The first-order valence-corrected chi connectivity index (χ1v) is 9.84. The van der Waals surface area contributed by atoms with E-state index < -0.39 is 0 Å². The monoisotopic (exact) mass is 355 g/mol. The number of methoxy groups -OCH3 is 1. The Kier molecular flexibility index (Phi) is 8.98. The molecule has 0 amide bonds. The molecule has 4 heteroatoms. The van der Waals surface area contributed by atoms with Gasteiger partial charge in [-0.05, 0) is 56.3 Å². The summed E-state index contributed by atoms with van der Waals surface area (Å²) < 4.78 is 5.53. The molecular weight excluding hydrogens is 322 g/mol. The van der Waals surface area contributed by atoms with Crippen molar-refractivity contribution in [2.24, 2.45) is 0 Å². The fourth-order valence-electron chi connectivity index (χ4n) is 2.99. The van der Waals surface area contributed by atoms with Crippen LogP contribution in [0, 0.1) is 0 Å². The van der Waals surface area contributed by atoms with E-state index in [2.05, 4.69) is 41.2 Å². The fraction of sp³-hybridized carbons (Fsp3) is 0.500. The summed E-state index contributed by atoms with van der Waals surface area (Å²) in [6.07, 6.45) is 6.85. The third-order valence-corrected chi connectivity index (χ3v) is 4.56. The molecule has 0 saturated carbocycles. The molecule has 1 N–H and O–H groups in total. The van der Waals surface area contributed by atoms with Crippen LogP contribution in [-0.4, -0.2) is 43.2 Å². The van der Waals surface area contributed by atoms with Gasteiger partial charge in [-0.2, -0.15) is 0 Å². The summed E-state index contributed by atoms with van der Waals surface area (Å²) in [6.45, 7) is 8.84. The second-order valence-corrected chi connectivity index (χ2v) is 6.61. The minimum atomic E-state index is 0.873. The van der Waals surface area contributed by atoms with Crippen LogP contribution in [0.3, 0.4) is 0 Å². The standard InChI is InChI=1S/C22H33N3O/c1-4-6-15-25(16-7-5-2)17-14-24-21-18-19(11-12-22(21)26-3)20-10-8-9-13-23-20/h8-13,18,24H,4-7,14-17H2,1-3H3. The number of nitrogens with zero attached hydrogens (tertiary/aromatic N) is 2. The molecular formula is C22H33N3O. The number of aromatic nitrogens is 1. The SMILES string of the molecule is CCCCN(CCCC)CCNc1cc(-c2ccccn2)ccc1OC. The van der Waals surface area contributed by atoms with Crippen molar-refractivity contribution < 1.29 is 4.74 Å². The van der Waals surface area contributed by atoms with Crippen LogP contribution in [0.1, 0.15) is 39.5 Å². The van der Waals surface area contributed by atoms with E-state index in [1.807, 2.05) is 30.5 Å². The molecule has 1 aromatic heterocycles. The molecule has 0 saturated heterocycles. The molecule has 0 aliphatic carbocycles. The molecule has 0 fully saturated rings. The first-order valence-electron chi connectivity index (χ1n) is 9.84. The molecule has 2 aromatic rings. The van der Waals surface area contributed by atoms with E-state index >= 15 is 0 Å². The van der Waals surface area contributed by atoms with Crippen LogP contribution in [0.4, 0.5) is 5.69 Å². The predicted molar refractivity (Wildman–Crippen MR) is 111 cm³/mol. The van der Waals surface area contributed by atoms with E-state index in [1.54, 1.807) is 7.11 Å². The van der Waals surface area contributed by atoms with Gasteiger partial charge in [-0.15, -0.1) is 0 Å². The average Bonchev–Trinajstić information content (AvgIpc) is 2.70. The maximum Gasteiger partial charge on any atom is 0.141 e. The van der Waals surface area contributed by atoms with Gasteiger partial charge in [0.25, 0.3) is 0 Å². The highest BCUT2D eigenvalue weighted by atomic mass is 16.5. The second kappa shape index (κ2) is 11.5. The van der Waals surface area contributed by atoms with Gasteiger partial charge >= 0.3 is 0 Å². The summed E-state index contributed by atoms with van der Waals surface area (Å²) >= 11 is 0. The molecule has 0 aliphatic heterocycles. The van der Waals surface area contributed by atoms with Crippen molar-refractivity contribution in [3.05, 3.63) is 42.6 Å². The summed E-state index contributed by atoms with van der Waals surface area (Å²) in [5, 5.41) is 3.56. The van der Waals surface area contributed by atoms with Crippen LogP contribution >= 0.6 is 0 Å². The van der Waals surface area contributed by atoms with Crippen molar-refractivity contribution in [1.82, 2.24) is 9.88 Å². The number of rotatable bonds is 12. The van der Waals surface area contributed by atoms with Gasteiger partial charge in [-0.3, -0.25) is 4.98 Å². The van der Waals surface area contributed by atoms with Gasteiger partial charge < -0.3 is 15.0 Å². The van der Waals surface area contributed by atoms with Crippen molar-refractivity contribution >= 4 is 5.69 Å². The van der Waals surface area contributed by atoms with Gasteiger partial charge in [0.2, 0.25) is 0 Å². The van der Waals surface area contributed by atoms with Crippen LogP contribution in [0.25, 0.3) is 11.3 Å². The van der Waals surface area contributed by atoms with Gasteiger partial charge in [-0.25, -0.2) is 0 Å². The lowest BCUT2D eigenvalue weighted by Gasteiger charge is -2.22. The van der Waals surface area contributed by atoms with Crippen molar-refractivity contribution in [3.8, 4) is 17.0 Å². The largest absolute Gasteiger partial charge is 0.495 e. The number of hydrogen-bond donors (Lipinski definition) is 1. The van der Waals surface area contributed by atoms with Crippen LogP contribution < -0.4 is 10.1 Å².